The molecule has 0 aliphatic carbocycles. The lowest BCUT2D eigenvalue weighted by atomic mass is 9.91. The first-order valence-electron chi connectivity index (χ1n) is 6.42. The molecule has 2 aromatic carbocycles. The Balaban J connectivity index is 2.32. The molecular weight excluding hydrogens is 232 g/mol. The molecule has 0 bridgehead atoms. The number of rotatable bonds is 5. The van der Waals surface area contributed by atoms with Gasteiger partial charge in [0.15, 0.2) is 5.78 Å². The molecule has 96 valence electrons. The number of ketones is 1. The summed E-state index contributed by atoms with van der Waals surface area (Å²) in [6.45, 7) is 9.30. The number of benzene rings is 2. The van der Waals surface area contributed by atoms with Crippen molar-refractivity contribution in [2.24, 2.45) is 0 Å². The van der Waals surface area contributed by atoms with Crippen LogP contribution in [0.15, 0.2) is 67.3 Å². The molecule has 0 aliphatic rings. The van der Waals surface area contributed by atoms with Crippen molar-refractivity contribution in [2.45, 2.75) is 19.3 Å². The van der Waals surface area contributed by atoms with Gasteiger partial charge in [-0.2, -0.15) is 0 Å². The highest BCUT2D eigenvalue weighted by Gasteiger charge is 2.13. The summed E-state index contributed by atoms with van der Waals surface area (Å²) < 4.78 is 0. The van der Waals surface area contributed by atoms with Crippen LogP contribution in [0.4, 0.5) is 0 Å². The number of fused-ring (bicyclic) bond motifs is 1. The minimum atomic E-state index is 0.0498. The second-order valence-corrected chi connectivity index (χ2v) is 4.86. The van der Waals surface area contributed by atoms with Gasteiger partial charge in [0.1, 0.15) is 0 Å². The van der Waals surface area contributed by atoms with Crippen LogP contribution < -0.4 is 0 Å². The first kappa shape index (κ1) is 13.3. The molecule has 2 aromatic rings. The number of hydrogen-bond donors (Lipinski definition) is 0. The summed E-state index contributed by atoms with van der Waals surface area (Å²) in [5, 5.41) is 2.40. The molecule has 0 N–H and O–H groups in total. The van der Waals surface area contributed by atoms with Gasteiger partial charge >= 0.3 is 0 Å². The second kappa shape index (κ2) is 5.66. The zero-order valence-electron chi connectivity index (χ0n) is 11.2. The molecule has 1 heteroatoms. The van der Waals surface area contributed by atoms with Gasteiger partial charge in [0.2, 0.25) is 0 Å². The summed E-state index contributed by atoms with van der Waals surface area (Å²) in [6.07, 6.45) is 2.28. The van der Waals surface area contributed by atoms with E-state index in [1.54, 1.807) is 6.92 Å². The minimum Gasteiger partial charge on any atom is -0.295 e. The van der Waals surface area contributed by atoms with Crippen LogP contribution in [0.3, 0.4) is 0 Å². The summed E-state index contributed by atoms with van der Waals surface area (Å²) in [6, 6.07) is 14.5. The van der Waals surface area contributed by atoms with Crippen molar-refractivity contribution >= 4 is 16.6 Å². The van der Waals surface area contributed by atoms with E-state index in [-0.39, 0.29) is 11.7 Å². The number of carbonyl (C=O) groups is 1. The van der Waals surface area contributed by atoms with Gasteiger partial charge in [-0.15, -0.1) is 6.58 Å². The van der Waals surface area contributed by atoms with Gasteiger partial charge in [-0.05, 0) is 28.8 Å². The molecular formula is C18H18O. The molecule has 0 fully saturated rings. The van der Waals surface area contributed by atoms with Crippen LogP contribution in [-0.4, -0.2) is 5.78 Å². The van der Waals surface area contributed by atoms with Crippen LogP contribution >= 0.6 is 0 Å². The predicted molar refractivity (Wildman–Crippen MR) is 81.3 cm³/mol. The molecule has 1 atom stereocenters. The fourth-order valence-electron chi connectivity index (χ4n) is 2.15. The highest BCUT2D eigenvalue weighted by atomic mass is 16.1. The average molecular weight is 250 g/mol. The lowest BCUT2D eigenvalue weighted by Crippen LogP contribution is -2.05. The van der Waals surface area contributed by atoms with Crippen LogP contribution in [-0.2, 0) is 4.79 Å². The maximum Gasteiger partial charge on any atom is 0.158 e. The molecule has 1 nitrogen and oxygen atoms in total. The van der Waals surface area contributed by atoms with Gasteiger partial charge in [0.25, 0.3) is 0 Å². The Hall–Kier alpha value is -2.15. The molecule has 0 aromatic heterocycles. The smallest absolute Gasteiger partial charge is 0.158 e. The summed E-state index contributed by atoms with van der Waals surface area (Å²) >= 11 is 0. The van der Waals surface area contributed by atoms with E-state index < -0.39 is 0 Å². The van der Waals surface area contributed by atoms with Crippen molar-refractivity contribution in [3.05, 3.63) is 72.8 Å². The number of Topliss-reactive ketones (excluding diaryl/α,β-unsaturated/α-hetero) is 1. The Morgan fingerprint density at radius 1 is 1.21 bits per heavy atom. The van der Waals surface area contributed by atoms with Crippen LogP contribution in [0.5, 0.6) is 0 Å². The van der Waals surface area contributed by atoms with Gasteiger partial charge in [0, 0.05) is 12.3 Å². The lowest BCUT2D eigenvalue weighted by Gasteiger charge is -2.13. The average Bonchev–Trinajstić information content (AvgIpc) is 2.43. The van der Waals surface area contributed by atoms with Crippen molar-refractivity contribution in [1.82, 2.24) is 0 Å². The molecule has 0 aliphatic heterocycles. The third-order valence-electron chi connectivity index (χ3n) is 3.37. The first-order valence-corrected chi connectivity index (χ1v) is 6.42. The van der Waals surface area contributed by atoms with E-state index in [1.807, 2.05) is 18.2 Å². The van der Waals surface area contributed by atoms with Gasteiger partial charge in [-0.3, -0.25) is 4.79 Å². The molecule has 0 spiro atoms. The van der Waals surface area contributed by atoms with E-state index in [2.05, 4.69) is 43.5 Å². The van der Waals surface area contributed by atoms with E-state index in [4.69, 9.17) is 0 Å². The molecule has 0 saturated carbocycles. The molecule has 0 saturated heterocycles. The maximum atomic E-state index is 11.8. The minimum absolute atomic E-state index is 0.0498. The van der Waals surface area contributed by atoms with Crippen LogP contribution in [0.25, 0.3) is 10.8 Å². The number of allylic oxidation sites excluding steroid dienone is 2. The lowest BCUT2D eigenvalue weighted by molar-refractivity contribution is -0.115. The van der Waals surface area contributed by atoms with Gasteiger partial charge < -0.3 is 0 Å². The van der Waals surface area contributed by atoms with Gasteiger partial charge in [-0.25, -0.2) is 0 Å². The molecule has 2 rings (SSSR count). The second-order valence-electron chi connectivity index (χ2n) is 4.86. The fourth-order valence-corrected chi connectivity index (χ4v) is 2.15. The molecule has 0 amide bonds. The highest BCUT2D eigenvalue weighted by Crippen LogP contribution is 2.26. The Morgan fingerprint density at radius 3 is 2.53 bits per heavy atom. The van der Waals surface area contributed by atoms with Crippen molar-refractivity contribution < 1.29 is 4.79 Å². The zero-order chi connectivity index (χ0) is 13.8. The van der Waals surface area contributed by atoms with Crippen LogP contribution in [0.1, 0.15) is 24.8 Å². The van der Waals surface area contributed by atoms with Crippen molar-refractivity contribution in [3.8, 4) is 0 Å². The normalized spacial score (nSPS) is 12.1. The van der Waals surface area contributed by atoms with E-state index in [0.717, 1.165) is 5.56 Å². The van der Waals surface area contributed by atoms with E-state index >= 15 is 0 Å². The Labute approximate surface area is 114 Å². The van der Waals surface area contributed by atoms with Crippen molar-refractivity contribution in [3.63, 3.8) is 0 Å². The first-order chi connectivity index (χ1) is 9.11. The number of hydrogen-bond acceptors (Lipinski definition) is 1. The molecule has 0 heterocycles. The highest BCUT2D eigenvalue weighted by molar-refractivity contribution is 5.95. The van der Waals surface area contributed by atoms with E-state index in [0.29, 0.717) is 12.0 Å². The van der Waals surface area contributed by atoms with Crippen LogP contribution in [0, 0.1) is 0 Å². The monoisotopic (exact) mass is 250 g/mol. The van der Waals surface area contributed by atoms with Crippen molar-refractivity contribution in [2.75, 3.05) is 0 Å². The Bertz CT molecular complexity index is 637. The Morgan fingerprint density at radius 2 is 1.89 bits per heavy atom. The van der Waals surface area contributed by atoms with Crippen molar-refractivity contribution in [1.29, 1.82) is 0 Å². The van der Waals surface area contributed by atoms with Gasteiger partial charge in [0.05, 0.1) is 0 Å². The summed E-state index contributed by atoms with van der Waals surface area (Å²) in [5.74, 6) is 0.145. The van der Waals surface area contributed by atoms with E-state index in [9.17, 15) is 4.79 Å². The summed E-state index contributed by atoms with van der Waals surface area (Å²) in [7, 11) is 0. The number of carbonyl (C=O) groups excluding carboxylic acids is 1. The SMILES string of the molecule is C=C[C@@H](CC(=O)C(=C)C)c1ccc2ccccc2c1. The summed E-state index contributed by atoms with van der Waals surface area (Å²) in [5.41, 5.74) is 1.73. The quantitative estimate of drug-likeness (QED) is 0.558. The molecule has 19 heavy (non-hydrogen) atoms. The van der Waals surface area contributed by atoms with Gasteiger partial charge in [-0.1, -0.05) is 55.1 Å². The Kier molecular flexibility index (Phi) is 3.96. The maximum absolute atomic E-state index is 11.8. The predicted octanol–water partition coefficient (Wildman–Crippen LogP) is 4.64. The largest absolute Gasteiger partial charge is 0.295 e. The van der Waals surface area contributed by atoms with Crippen LogP contribution in [0.2, 0.25) is 0 Å². The third kappa shape index (κ3) is 3.00. The van der Waals surface area contributed by atoms with E-state index in [1.165, 1.54) is 10.8 Å². The third-order valence-corrected chi connectivity index (χ3v) is 3.37. The molecule has 0 radical (unpaired) electrons. The summed E-state index contributed by atoms with van der Waals surface area (Å²) in [4.78, 5) is 11.8. The topological polar surface area (TPSA) is 17.1 Å². The fraction of sp³-hybridized carbons (Fsp3) is 0.167. The standard InChI is InChI=1S/C18H18O/c1-4-14(12-18(19)13(2)3)17-10-9-15-7-5-6-8-16(15)11-17/h4-11,14H,1-2,12H2,3H3/t14-/m0/s1. The molecule has 0 unspecified atom stereocenters. The zero-order valence-corrected chi connectivity index (χ0v) is 11.2.